The van der Waals surface area contributed by atoms with Crippen LogP contribution in [-0.4, -0.2) is 21.7 Å². The van der Waals surface area contributed by atoms with Gasteiger partial charge in [-0.3, -0.25) is 5.32 Å². The number of rotatable bonds is 2. The molecule has 0 atom stereocenters. The van der Waals surface area contributed by atoms with E-state index in [1.165, 1.54) is 0 Å². The van der Waals surface area contributed by atoms with Gasteiger partial charge in [0.2, 0.25) is 0 Å². The summed E-state index contributed by atoms with van der Waals surface area (Å²) in [6.07, 6.45) is 3.24. The molecule has 19 heavy (non-hydrogen) atoms. The van der Waals surface area contributed by atoms with Gasteiger partial charge in [0.25, 0.3) is 0 Å². The summed E-state index contributed by atoms with van der Waals surface area (Å²) < 4.78 is 5.16. The number of ether oxygens (including phenoxy) is 1. The lowest BCUT2D eigenvalue weighted by Gasteiger charge is -2.20. The van der Waals surface area contributed by atoms with Crippen molar-refractivity contribution in [3.63, 3.8) is 0 Å². The van der Waals surface area contributed by atoms with Gasteiger partial charge in [-0.25, -0.2) is 14.8 Å². The van der Waals surface area contributed by atoms with Crippen LogP contribution in [0.5, 0.6) is 0 Å². The van der Waals surface area contributed by atoms with Gasteiger partial charge < -0.3 is 4.74 Å². The van der Waals surface area contributed by atoms with Gasteiger partial charge >= 0.3 is 6.09 Å². The van der Waals surface area contributed by atoms with Crippen LogP contribution in [0.3, 0.4) is 0 Å². The van der Waals surface area contributed by atoms with Gasteiger partial charge in [0.05, 0.1) is 11.9 Å². The molecule has 5 nitrogen and oxygen atoms in total. The van der Waals surface area contributed by atoms with Crippen LogP contribution in [0.2, 0.25) is 5.15 Å². The van der Waals surface area contributed by atoms with E-state index in [-0.39, 0.29) is 16.4 Å². The maximum absolute atomic E-state index is 11.7. The summed E-state index contributed by atoms with van der Waals surface area (Å²) in [7, 11) is 0. The zero-order valence-corrected chi connectivity index (χ0v) is 12.3. The Bertz CT molecular complexity index is 507. The molecular formula is C13H18ClN3O2. The van der Waals surface area contributed by atoms with E-state index < -0.39 is 11.7 Å². The fraction of sp³-hybridized carbons (Fsp3) is 0.615. The maximum atomic E-state index is 11.7. The highest BCUT2D eigenvalue weighted by Crippen LogP contribution is 2.46. The van der Waals surface area contributed by atoms with Crippen LogP contribution in [-0.2, 0) is 10.2 Å². The third-order valence-corrected chi connectivity index (χ3v) is 3.24. The molecule has 1 aromatic rings. The van der Waals surface area contributed by atoms with Gasteiger partial charge in [0, 0.05) is 5.41 Å². The summed E-state index contributed by atoms with van der Waals surface area (Å²) in [5.74, 6) is 0.251. The number of nitrogens with zero attached hydrogens (tertiary/aromatic N) is 2. The van der Waals surface area contributed by atoms with Crippen molar-refractivity contribution >= 4 is 23.5 Å². The van der Waals surface area contributed by atoms with Crippen molar-refractivity contribution in [3.8, 4) is 0 Å². The topological polar surface area (TPSA) is 64.1 Å². The van der Waals surface area contributed by atoms with Crippen LogP contribution >= 0.6 is 11.6 Å². The summed E-state index contributed by atoms with van der Waals surface area (Å²) in [6, 6.07) is 0. The van der Waals surface area contributed by atoms with Gasteiger partial charge in [-0.05, 0) is 33.6 Å². The Morgan fingerprint density at radius 2 is 2.11 bits per heavy atom. The van der Waals surface area contributed by atoms with E-state index in [0.29, 0.717) is 0 Å². The fourth-order valence-corrected chi connectivity index (χ4v) is 1.73. The average Bonchev–Trinajstić information content (AvgIpc) is 2.98. The highest BCUT2D eigenvalue weighted by atomic mass is 35.5. The molecule has 1 aliphatic rings. The van der Waals surface area contributed by atoms with Crippen molar-refractivity contribution < 1.29 is 9.53 Å². The van der Waals surface area contributed by atoms with E-state index in [4.69, 9.17) is 16.3 Å². The largest absolute Gasteiger partial charge is 0.444 e. The molecule has 2 rings (SSSR count). The Morgan fingerprint density at radius 1 is 1.47 bits per heavy atom. The quantitative estimate of drug-likeness (QED) is 0.902. The number of hydrogen-bond acceptors (Lipinski definition) is 4. The molecule has 1 heterocycles. The van der Waals surface area contributed by atoms with Crippen LogP contribution in [0.25, 0.3) is 0 Å². The lowest BCUT2D eigenvalue weighted by Crippen LogP contribution is -2.28. The third-order valence-electron chi connectivity index (χ3n) is 2.97. The molecule has 0 bridgehead atoms. The number of amides is 1. The molecule has 6 heteroatoms. The minimum atomic E-state index is -0.582. The van der Waals surface area contributed by atoms with Gasteiger partial charge in [-0.1, -0.05) is 18.5 Å². The maximum Gasteiger partial charge on any atom is 0.413 e. The molecule has 1 amide bonds. The zero-order valence-electron chi connectivity index (χ0n) is 11.6. The first kappa shape index (κ1) is 14.1. The van der Waals surface area contributed by atoms with Gasteiger partial charge in [-0.2, -0.15) is 0 Å². The van der Waals surface area contributed by atoms with Crippen molar-refractivity contribution in [3.05, 3.63) is 17.0 Å². The molecule has 0 unspecified atom stereocenters. The van der Waals surface area contributed by atoms with Crippen LogP contribution < -0.4 is 5.32 Å². The standard InChI is InChI=1S/C13H18ClN3O2/c1-12(2,3)19-11(18)17-10-9(14)15-7-8(16-10)13(4)5-6-13/h7H,5-6H2,1-4H3,(H,16,17,18). The first-order valence-electron chi connectivity index (χ1n) is 6.23. The Balaban J connectivity index is 2.13. The predicted octanol–water partition coefficient (Wildman–Crippen LogP) is 3.53. The van der Waals surface area contributed by atoms with E-state index in [1.807, 2.05) is 0 Å². The molecular weight excluding hydrogens is 266 g/mol. The smallest absolute Gasteiger partial charge is 0.413 e. The number of carbonyl (C=O) groups is 1. The predicted molar refractivity (Wildman–Crippen MR) is 73.5 cm³/mol. The zero-order chi connectivity index (χ0) is 14.3. The van der Waals surface area contributed by atoms with Crippen LogP contribution in [0.4, 0.5) is 10.6 Å². The third kappa shape index (κ3) is 3.56. The molecule has 0 spiro atoms. The summed E-state index contributed by atoms with van der Waals surface area (Å²) in [4.78, 5) is 20.1. The van der Waals surface area contributed by atoms with Gasteiger partial charge in [0.1, 0.15) is 5.60 Å². The second-order valence-electron chi connectivity index (χ2n) is 6.08. The van der Waals surface area contributed by atoms with E-state index in [1.54, 1.807) is 27.0 Å². The summed E-state index contributed by atoms with van der Waals surface area (Å²) >= 11 is 5.94. The number of anilines is 1. The van der Waals surface area contributed by atoms with E-state index >= 15 is 0 Å². The summed E-state index contributed by atoms with van der Waals surface area (Å²) in [6.45, 7) is 7.49. The Kier molecular flexibility index (Phi) is 3.43. The molecule has 1 aliphatic carbocycles. The number of carbonyl (C=O) groups excluding carboxylic acids is 1. The van der Waals surface area contributed by atoms with Crippen molar-refractivity contribution in [1.29, 1.82) is 0 Å². The molecule has 0 aliphatic heterocycles. The number of halogens is 1. The second kappa shape index (κ2) is 4.63. The summed E-state index contributed by atoms with van der Waals surface area (Å²) in [5.41, 5.74) is 0.356. The van der Waals surface area contributed by atoms with Crippen LogP contribution in [0, 0.1) is 0 Å². The molecule has 0 aromatic carbocycles. The minimum absolute atomic E-state index is 0.0714. The lowest BCUT2D eigenvalue weighted by atomic mass is 10.1. The van der Waals surface area contributed by atoms with Crippen molar-refractivity contribution in [2.24, 2.45) is 0 Å². The van der Waals surface area contributed by atoms with Crippen molar-refractivity contribution in [2.45, 2.75) is 51.6 Å². The number of hydrogen-bond donors (Lipinski definition) is 1. The van der Waals surface area contributed by atoms with Gasteiger partial charge in [-0.15, -0.1) is 0 Å². The highest BCUT2D eigenvalue weighted by molar-refractivity contribution is 6.32. The first-order chi connectivity index (χ1) is 8.70. The van der Waals surface area contributed by atoms with E-state index in [2.05, 4.69) is 22.2 Å². The molecule has 1 saturated carbocycles. The molecule has 104 valence electrons. The molecule has 1 aromatic heterocycles. The SMILES string of the molecule is CC(C)(C)OC(=O)Nc1nc(C2(C)CC2)cnc1Cl. The Labute approximate surface area is 117 Å². The second-order valence-corrected chi connectivity index (χ2v) is 6.44. The molecule has 0 radical (unpaired) electrons. The molecule has 1 N–H and O–H groups in total. The molecule has 0 saturated heterocycles. The summed E-state index contributed by atoms with van der Waals surface area (Å²) in [5, 5.41) is 2.71. The lowest BCUT2D eigenvalue weighted by molar-refractivity contribution is 0.0635. The molecule has 1 fully saturated rings. The van der Waals surface area contributed by atoms with Crippen LogP contribution in [0.15, 0.2) is 6.20 Å². The minimum Gasteiger partial charge on any atom is -0.444 e. The average molecular weight is 284 g/mol. The van der Waals surface area contributed by atoms with E-state index in [0.717, 1.165) is 18.5 Å². The fourth-order valence-electron chi connectivity index (χ4n) is 1.59. The monoisotopic (exact) mass is 283 g/mol. The van der Waals surface area contributed by atoms with Crippen LogP contribution in [0.1, 0.15) is 46.2 Å². The highest BCUT2D eigenvalue weighted by Gasteiger charge is 2.41. The first-order valence-corrected chi connectivity index (χ1v) is 6.60. The number of nitrogens with one attached hydrogen (secondary N) is 1. The normalized spacial score (nSPS) is 16.9. The van der Waals surface area contributed by atoms with Gasteiger partial charge in [0.15, 0.2) is 11.0 Å². The van der Waals surface area contributed by atoms with Crippen molar-refractivity contribution in [1.82, 2.24) is 9.97 Å². The van der Waals surface area contributed by atoms with E-state index in [9.17, 15) is 4.79 Å². The Hall–Kier alpha value is -1.36. The Morgan fingerprint density at radius 3 is 2.63 bits per heavy atom. The van der Waals surface area contributed by atoms with Crippen molar-refractivity contribution in [2.75, 3.05) is 5.32 Å². The number of aromatic nitrogens is 2.